The van der Waals surface area contributed by atoms with Gasteiger partial charge in [0, 0.05) is 18.8 Å². The molecule has 0 bridgehead atoms. The van der Waals surface area contributed by atoms with Gasteiger partial charge in [-0.2, -0.15) is 0 Å². The van der Waals surface area contributed by atoms with E-state index in [9.17, 15) is 0 Å². The number of pyridine rings is 1. The van der Waals surface area contributed by atoms with Gasteiger partial charge in [0.1, 0.15) is 5.15 Å². The Morgan fingerprint density at radius 1 is 1.32 bits per heavy atom. The Hall–Kier alpha value is -1.66. The second-order valence-corrected chi connectivity index (χ2v) is 4.93. The van der Waals surface area contributed by atoms with E-state index in [1.807, 2.05) is 12.3 Å². The molecule has 3 rings (SSSR count). The summed E-state index contributed by atoms with van der Waals surface area (Å²) in [5.41, 5.74) is 1.35. The number of hydrogen-bond donors (Lipinski definition) is 3. The Morgan fingerprint density at radius 2 is 2.00 bits per heavy atom. The predicted octanol–water partition coefficient (Wildman–Crippen LogP) is 0.966. The van der Waals surface area contributed by atoms with Crippen LogP contribution in [-0.2, 0) is 9.59 Å². The molecule has 3 atom stereocenters. The molecule has 2 aliphatic rings. The molecule has 1 aromatic heterocycles. The summed E-state index contributed by atoms with van der Waals surface area (Å²) in [6, 6.07) is 4.78. The summed E-state index contributed by atoms with van der Waals surface area (Å²) in [6.07, 6.45) is 3.19. The summed E-state index contributed by atoms with van der Waals surface area (Å²) in [4.78, 5) is 22.3. The Kier molecular flexibility index (Phi) is 4.01. The number of fused-ring (bicyclic) bond motifs is 1. The number of carbonyl (C=O) groups is 2. The van der Waals surface area contributed by atoms with Crippen molar-refractivity contribution in [2.24, 2.45) is 5.92 Å². The second kappa shape index (κ2) is 5.54. The molecule has 0 spiro atoms. The highest BCUT2D eigenvalue weighted by Gasteiger charge is 2.47. The van der Waals surface area contributed by atoms with Gasteiger partial charge in [0.05, 0.1) is 0 Å². The minimum atomic E-state index is -1.82. The number of hydrogen-bond acceptors (Lipinski definition) is 4. The lowest BCUT2D eigenvalue weighted by molar-refractivity contribution is -0.159. The van der Waals surface area contributed by atoms with Crippen LogP contribution >= 0.6 is 11.6 Å². The van der Waals surface area contributed by atoms with Crippen LogP contribution in [0.2, 0.25) is 5.15 Å². The highest BCUT2D eigenvalue weighted by molar-refractivity contribution is 6.29. The Labute approximate surface area is 114 Å². The van der Waals surface area contributed by atoms with Crippen LogP contribution in [0.3, 0.4) is 0 Å². The van der Waals surface area contributed by atoms with E-state index in [0.717, 1.165) is 17.9 Å². The molecule has 1 aliphatic carbocycles. The quantitative estimate of drug-likeness (QED) is 0.525. The number of nitrogens with one attached hydrogen (secondary N) is 1. The maximum Gasteiger partial charge on any atom is 0.414 e. The van der Waals surface area contributed by atoms with E-state index < -0.39 is 11.9 Å². The Bertz CT molecular complexity index is 479. The fourth-order valence-electron chi connectivity index (χ4n) is 2.34. The van der Waals surface area contributed by atoms with Crippen molar-refractivity contribution in [2.45, 2.75) is 18.4 Å². The van der Waals surface area contributed by atoms with Crippen LogP contribution in [0.15, 0.2) is 18.3 Å². The van der Waals surface area contributed by atoms with Crippen molar-refractivity contribution in [1.29, 1.82) is 0 Å². The van der Waals surface area contributed by atoms with Gasteiger partial charge in [-0.25, -0.2) is 14.6 Å². The molecule has 0 radical (unpaired) electrons. The number of piperidine rings is 1. The zero-order valence-electron chi connectivity index (χ0n) is 9.91. The highest BCUT2D eigenvalue weighted by Crippen LogP contribution is 2.46. The van der Waals surface area contributed by atoms with Crippen molar-refractivity contribution in [2.75, 3.05) is 6.54 Å². The molecule has 6 nitrogen and oxygen atoms in total. The highest BCUT2D eigenvalue weighted by atomic mass is 35.5. The van der Waals surface area contributed by atoms with Crippen LogP contribution in [0, 0.1) is 5.92 Å². The van der Waals surface area contributed by atoms with Crippen LogP contribution < -0.4 is 5.32 Å². The SMILES string of the molecule is Clc1ccc(C2CC3NCC32)cn1.O=C(O)C(=O)O. The van der Waals surface area contributed by atoms with Crippen molar-refractivity contribution in [1.82, 2.24) is 10.3 Å². The largest absolute Gasteiger partial charge is 0.473 e. The molecule has 1 saturated heterocycles. The van der Waals surface area contributed by atoms with Gasteiger partial charge in [0.25, 0.3) is 0 Å². The molecule has 0 amide bonds. The lowest BCUT2D eigenvalue weighted by atomic mass is 9.62. The molecule has 1 aliphatic heterocycles. The number of aliphatic carboxylic acids is 2. The summed E-state index contributed by atoms with van der Waals surface area (Å²) in [6.45, 7) is 1.18. The second-order valence-electron chi connectivity index (χ2n) is 4.55. The van der Waals surface area contributed by atoms with Gasteiger partial charge in [0.15, 0.2) is 0 Å². The molecule has 2 fully saturated rings. The first-order chi connectivity index (χ1) is 8.99. The maximum absolute atomic E-state index is 9.10. The minimum Gasteiger partial charge on any atom is -0.473 e. The maximum atomic E-state index is 9.10. The number of nitrogens with zero attached hydrogens (tertiary/aromatic N) is 1. The molecule has 2 heterocycles. The number of aromatic nitrogens is 1. The Balaban J connectivity index is 0.000000192. The molecule has 3 unspecified atom stereocenters. The summed E-state index contributed by atoms with van der Waals surface area (Å²) in [5.74, 6) is -2.05. The number of rotatable bonds is 1. The molecule has 19 heavy (non-hydrogen) atoms. The predicted molar refractivity (Wildman–Crippen MR) is 67.2 cm³/mol. The molecular weight excluding hydrogens is 272 g/mol. The fourth-order valence-corrected chi connectivity index (χ4v) is 2.46. The average molecular weight is 285 g/mol. The molecule has 102 valence electrons. The summed E-state index contributed by atoms with van der Waals surface area (Å²) < 4.78 is 0. The van der Waals surface area contributed by atoms with Crippen LogP contribution in [0.4, 0.5) is 0 Å². The van der Waals surface area contributed by atoms with Gasteiger partial charge in [-0.05, 0) is 29.9 Å². The first-order valence-corrected chi connectivity index (χ1v) is 6.18. The summed E-state index contributed by atoms with van der Waals surface area (Å²) in [5, 5.41) is 18.8. The molecule has 1 saturated carbocycles. The zero-order valence-corrected chi connectivity index (χ0v) is 10.7. The van der Waals surface area contributed by atoms with Crippen molar-refractivity contribution in [3.8, 4) is 0 Å². The standard InChI is InChI=1S/C10H11ClN2.C2H2O4/c11-10-2-1-6(4-13-10)7-3-9-8(7)5-12-9;3-1(4)2(5)6/h1-2,4,7-9,12H,3,5H2;(H,3,4)(H,5,6). The molecule has 1 aromatic rings. The van der Waals surface area contributed by atoms with Crippen LogP contribution in [0.5, 0.6) is 0 Å². The fraction of sp³-hybridized carbons (Fsp3) is 0.417. The van der Waals surface area contributed by atoms with E-state index in [4.69, 9.17) is 31.4 Å². The topological polar surface area (TPSA) is 99.5 Å². The van der Waals surface area contributed by atoms with Gasteiger partial charge in [-0.3, -0.25) is 0 Å². The van der Waals surface area contributed by atoms with Crippen molar-refractivity contribution in [3.63, 3.8) is 0 Å². The van der Waals surface area contributed by atoms with Gasteiger partial charge in [-0.15, -0.1) is 0 Å². The van der Waals surface area contributed by atoms with Gasteiger partial charge >= 0.3 is 11.9 Å². The van der Waals surface area contributed by atoms with Crippen molar-refractivity contribution in [3.05, 3.63) is 29.0 Å². The Morgan fingerprint density at radius 3 is 2.32 bits per heavy atom. The van der Waals surface area contributed by atoms with Crippen LogP contribution in [0.25, 0.3) is 0 Å². The average Bonchev–Trinajstić information content (AvgIpc) is 2.35. The number of carboxylic acids is 2. The lowest BCUT2D eigenvalue weighted by Crippen LogP contribution is -2.63. The summed E-state index contributed by atoms with van der Waals surface area (Å²) in [7, 11) is 0. The van der Waals surface area contributed by atoms with E-state index in [0.29, 0.717) is 5.15 Å². The van der Waals surface area contributed by atoms with Crippen molar-refractivity contribution >= 4 is 23.5 Å². The monoisotopic (exact) mass is 284 g/mol. The molecule has 7 heteroatoms. The van der Waals surface area contributed by atoms with Gasteiger partial charge < -0.3 is 15.5 Å². The molecule has 3 N–H and O–H groups in total. The van der Waals surface area contributed by atoms with E-state index in [1.54, 1.807) is 0 Å². The third-order valence-electron chi connectivity index (χ3n) is 3.52. The van der Waals surface area contributed by atoms with E-state index >= 15 is 0 Å². The van der Waals surface area contributed by atoms with Crippen LogP contribution in [-0.4, -0.2) is 39.7 Å². The van der Waals surface area contributed by atoms with Gasteiger partial charge in [0.2, 0.25) is 0 Å². The van der Waals surface area contributed by atoms with Gasteiger partial charge in [-0.1, -0.05) is 17.7 Å². The van der Waals surface area contributed by atoms with E-state index in [2.05, 4.69) is 16.4 Å². The van der Waals surface area contributed by atoms with Crippen molar-refractivity contribution < 1.29 is 19.8 Å². The number of halogens is 1. The third-order valence-corrected chi connectivity index (χ3v) is 3.74. The van der Waals surface area contributed by atoms with E-state index in [-0.39, 0.29) is 0 Å². The lowest BCUT2D eigenvalue weighted by Gasteiger charge is -2.54. The summed E-state index contributed by atoms with van der Waals surface area (Å²) >= 11 is 5.73. The normalized spacial score (nSPS) is 26.9. The first-order valence-electron chi connectivity index (χ1n) is 5.80. The van der Waals surface area contributed by atoms with Crippen LogP contribution in [0.1, 0.15) is 17.9 Å². The smallest absolute Gasteiger partial charge is 0.414 e. The third kappa shape index (κ3) is 3.02. The van der Waals surface area contributed by atoms with E-state index in [1.165, 1.54) is 18.5 Å². The number of carboxylic acid groups (broad SMARTS) is 2. The zero-order chi connectivity index (χ0) is 14.0. The first kappa shape index (κ1) is 13.8. The molecule has 0 aromatic carbocycles. The molecular formula is C12H13ClN2O4. The minimum absolute atomic E-state index is 0.589.